The molecule has 80 valence electrons. The fraction of sp³-hybridized carbons (Fsp3) is 0.727. The van der Waals surface area contributed by atoms with E-state index in [0.29, 0.717) is 11.8 Å². The maximum absolute atomic E-state index is 4.34. The van der Waals surface area contributed by atoms with E-state index >= 15 is 0 Å². The molecule has 1 aromatic rings. The van der Waals surface area contributed by atoms with Gasteiger partial charge in [0.1, 0.15) is 5.82 Å². The van der Waals surface area contributed by atoms with Crippen molar-refractivity contribution in [2.75, 3.05) is 13.6 Å². The Morgan fingerprint density at radius 1 is 1.43 bits per heavy atom. The molecule has 0 aliphatic rings. The molecule has 1 aromatic heterocycles. The zero-order valence-corrected chi connectivity index (χ0v) is 9.62. The first kappa shape index (κ1) is 11.2. The second-order valence-corrected chi connectivity index (χ2v) is 4.17. The summed E-state index contributed by atoms with van der Waals surface area (Å²) in [6.07, 6.45) is 4.93. The highest BCUT2D eigenvalue weighted by Crippen LogP contribution is 2.14. The second kappa shape index (κ2) is 5.15. The molecule has 0 bridgehead atoms. The molecule has 0 radical (unpaired) electrons. The summed E-state index contributed by atoms with van der Waals surface area (Å²) in [6.45, 7) is 5.65. The monoisotopic (exact) mass is 195 g/mol. The SMILES string of the molecule is CNCC(C)C(C)Cc1nccn1C. The van der Waals surface area contributed by atoms with Gasteiger partial charge in [-0.3, -0.25) is 0 Å². The molecule has 0 amide bonds. The normalized spacial score (nSPS) is 15.4. The molecule has 3 nitrogen and oxygen atoms in total. The van der Waals surface area contributed by atoms with Crippen LogP contribution in [-0.4, -0.2) is 23.1 Å². The molecule has 14 heavy (non-hydrogen) atoms. The van der Waals surface area contributed by atoms with Crippen LogP contribution in [0.3, 0.4) is 0 Å². The highest BCUT2D eigenvalue weighted by molar-refractivity contribution is 4.92. The fourth-order valence-corrected chi connectivity index (χ4v) is 1.61. The molecule has 0 saturated heterocycles. The van der Waals surface area contributed by atoms with Gasteiger partial charge in [-0.2, -0.15) is 0 Å². The van der Waals surface area contributed by atoms with Gasteiger partial charge in [-0.1, -0.05) is 13.8 Å². The maximum Gasteiger partial charge on any atom is 0.108 e. The van der Waals surface area contributed by atoms with E-state index in [4.69, 9.17) is 0 Å². The van der Waals surface area contributed by atoms with Crippen molar-refractivity contribution in [2.24, 2.45) is 18.9 Å². The van der Waals surface area contributed by atoms with Crippen molar-refractivity contribution < 1.29 is 0 Å². The lowest BCUT2D eigenvalue weighted by Gasteiger charge is -2.19. The van der Waals surface area contributed by atoms with Gasteiger partial charge in [0.2, 0.25) is 0 Å². The van der Waals surface area contributed by atoms with Crippen LogP contribution in [0.5, 0.6) is 0 Å². The molecule has 1 heterocycles. The Hall–Kier alpha value is -0.830. The lowest BCUT2D eigenvalue weighted by molar-refractivity contribution is 0.366. The molecular weight excluding hydrogens is 174 g/mol. The molecule has 1 N–H and O–H groups in total. The molecule has 0 aromatic carbocycles. The van der Waals surface area contributed by atoms with Crippen molar-refractivity contribution in [3.63, 3.8) is 0 Å². The summed E-state index contributed by atoms with van der Waals surface area (Å²) in [7, 11) is 4.06. The minimum atomic E-state index is 0.670. The molecular formula is C11H21N3. The summed E-state index contributed by atoms with van der Waals surface area (Å²) in [6, 6.07) is 0. The van der Waals surface area contributed by atoms with Crippen molar-refractivity contribution >= 4 is 0 Å². The third kappa shape index (κ3) is 2.84. The topological polar surface area (TPSA) is 29.9 Å². The van der Waals surface area contributed by atoms with Crippen LogP contribution in [-0.2, 0) is 13.5 Å². The molecule has 0 aliphatic heterocycles. The number of aryl methyl sites for hydroxylation is 1. The van der Waals surface area contributed by atoms with Gasteiger partial charge in [-0.05, 0) is 25.4 Å². The summed E-state index contributed by atoms with van der Waals surface area (Å²) in [5.74, 6) is 2.54. The van der Waals surface area contributed by atoms with Crippen LogP contribution < -0.4 is 5.32 Å². The van der Waals surface area contributed by atoms with Crippen molar-refractivity contribution in [2.45, 2.75) is 20.3 Å². The molecule has 2 atom stereocenters. The average Bonchev–Trinajstić information content (AvgIpc) is 2.52. The van der Waals surface area contributed by atoms with Crippen LogP contribution in [0.25, 0.3) is 0 Å². The Balaban J connectivity index is 2.48. The van der Waals surface area contributed by atoms with Crippen LogP contribution in [0, 0.1) is 11.8 Å². The smallest absolute Gasteiger partial charge is 0.108 e. The molecule has 0 fully saturated rings. The Kier molecular flexibility index (Phi) is 4.14. The largest absolute Gasteiger partial charge is 0.338 e. The van der Waals surface area contributed by atoms with Crippen molar-refractivity contribution in [1.29, 1.82) is 0 Å². The number of hydrogen-bond donors (Lipinski definition) is 1. The van der Waals surface area contributed by atoms with Crippen LogP contribution >= 0.6 is 0 Å². The zero-order valence-electron chi connectivity index (χ0n) is 9.62. The number of hydrogen-bond acceptors (Lipinski definition) is 2. The molecule has 2 unspecified atom stereocenters. The second-order valence-electron chi connectivity index (χ2n) is 4.17. The summed E-state index contributed by atoms with van der Waals surface area (Å²) in [4.78, 5) is 4.34. The Labute approximate surface area is 86.5 Å². The first-order valence-electron chi connectivity index (χ1n) is 5.26. The number of nitrogens with one attached hydrogen (secondary N) is 1. The average molecular weight is 195 g/mol. The molecule has 1 rings (SSSR count). The van der Waals surface area contributed by atoms with Crippen LogP contribution in [0.1, 0.15) is 19.7 Å². The maximum atomic E-state index is 4.34. The summed E-state index contributed by atoms with van der Waals surface area (Å²) >= 11 is 0. The van der Waals surface area contributed by atoms with E-state index in [1.165, 1.54) is 5.82 Å². The number of aromatic nitrogens is 2. The number of rotatable bonds is 5. The number of nitrogens with zero attached hydrogens (tertiary/aromatic N) is 2. The van der Waals surface area contributed by atoms with Crippen molar-refractivity contribution in [3.05, 3.63) is 18.2 Å². The fourth-order valence-electron chi connectivity index (χ4n) is 1.61. The highest BCUT2D eigenvalue weighted by Gasteiger charge is 2.13. The van der Waals surface area contributed by atoms with Gasteiger partial charge in [0, 0.05) is 25.9 Å². The third-order valence-electron chi connectivity index (χ3n) is 2.92. The van der Waals surface area contributed by atoms with E-state index in [1.54, 1.807) is 0 Å². The summed E-state index contributed by atoms with van der Waals surface area (Å²) < 4.78 is 2.10. The van der Waals surface area contributed by atoms with E-state index in [2.05, 4.69) is 35.8 Å². The lowest BCUT2D eigenvalue weighted by atomic mass is 9.92. The molecule has 0 saturated carbocycles. The van der Waals surface area contributed by atoms with Crippen LogP contribution in [0.15, 0.2) is 12.4 Å². The van der Waals surface area contributed by atoms with E-state index in [-0.39, 0.29) is 0 Å². The molecule has 0 aliphatic carbocycles. The zero-order chi connectivity index (χ0) is 10.6. The summed E-state index contributed by atoms with van der Waals surface area (Å²) in [5, 5.41) is 3.22. The standard InChI is InChI=1S/C11H21N3/c1-9(10(2)8-12-3)7-11-13-5-6-14(11)4/h5-6,9-10,12H,7-8H2,1-4H3. The van der Waals surface area contributed by atoms with E-state index in [0.717, 1.165) is 13.0 Å². The Morgan fingerprint density at radius 2 is 2.14 bits per heavy atom. The van der Waals surface area contributed by atoms with E-state index in [1.807, 2.05) is 19.4 Å². The van der Waals surface area contributed by atoms with Gasteiger partial charge >= 0.3 is 0 Å². The summed E-state index contributed by atoms with van der Waals surface area (Å²) in [5.41, 5.74) is 0. The van der Waals surface area contributed by atoms with Crippen LogP contribution in [0.2, 0.25) is 0 Å². The van der Waals surface area contributed by atoms with E-state index < -0.39 is 0 Å². The van der Waals surface area contributed by atoms with Gasteiger partial charge in [0.15, 0.2) is 0 Å². The lowest BCUT2D eigenvalue weighted by Crippen LogP contribution is -2.23. The highest BCUT2D eigenvalue weighted by atomic mass is 15.0. The Bertz CT molecular complexity index is 267. The first-order chi connectivity index (χ1) is 6.65. The van der Waals surface area contributed by atoms with E-state index in [9.17, 15) is 0 Å². The Morgan fingerprint density at radius 3 is 2.64 bits per heavy atom. The van der Waals surface area contributed by atoms with Crippen molar-refractivity contribution in [3.8, 4) is 0 Å². The van der Waals surface area contributed by atoms with Gasteiger partial charge in [0.05, 0.1) is 0 Å². The van der Waals surface area contributed by atoms with Gasteiger partial charge < -0.3 is 9.88 Å². The minimum absolute atomic E-state index is 0.670. The predicted molar refractivity (Wildman–Crippen MR) is 59.2 cm³/mol. The predicted octanol–water partition coefficient (Wildman–Crippen LogP) is 1.45. The van der Waals surface area contributed by atoms with Crippen molar-refractivity contribution in [1.82, 2.24) is 14.9 Å². The third-order valence-corrected chi connectivity index (χ3v) is 2.92. The number of imidazole rings is 1. The first-order valence-corrected chi connectivity index (χ1v) is 5.26. The van der Waals surface area contributed by atoms with Gasteiger partial charge in [-0.25, -0.2) is 4.98 Å². The van der Waals surface area contributed by atoms with Gasteiger partial charge in [0.25, 0.3) is 0 Å². The minimum Gasteiger partial charge on any atom is -0.338 e. The quantitative estimate of drug-likeness (QED) is 0.770. The molecule has 0 spiro atoms. The van der Waals surface area contributed by atoms with Gasteiger partial charge in [-0.15, -0.1) is 0 Å². The molecule has 3 heteroatoms. The van der Waals surface area contributed by atoms with Crippen LogP contribution in [0.4, 0.5) is 0 Å².